The first-order chi connectivity index (χ1) is 16.5. The van der Waals surface area contributed by atoms with Crippen LogP contribution in [0.4, 0.5) is 0 Å². The molecule has 3 unspecified atom stereocenters. The minimum Gasteiger partial charge on any atom is -0.493 e. The smallest absolute Gasteiger partial charge is 0.323 e. The highest BCUT2D eigenvalue weighted by atomic mass is 16.5. The van der Waals surface area contributed by atoms with Crippen molar-refractivity contribution in [2.24, 2.45) is 17.6 Å². The third-order valence-corrected chi connectivity index (χ3v) is 9.90. The summed E-state index contributed by atoms with van der Waals surface area (Å²) in [5.74, 6) is 1.61. The second-order valence-corrected chi connectivity index (χ2v) is 13.2. The molecule has 36 heavy (non-hydrogen) atoms. The van der Waals surface area contributed by atoms with Gasteiger partial charge in [-0.15, -0.1) is 0 Å². The normalized spacial score (nSPS) is 29.8. The van der Waals surface area contributed by atoms with Gasteiger partial charge in [-0.05, 0) is 63.8 Å². The van der Waals surface area contributed by atoms with Crippen LogP contribution in [0.1, 0.15) is 45.2 Å². The number of hydrogen-bond acceptors (Lipinski definition) is 6. The van der Waals surface area contributed by atoms with E-state index in [1.165, 1.54) is 11.1 Å². The number of nitrogens with two attached hydrogens (primary N) is 1. The van der Waals surface area contributed by atoms with E-state index in [0.717, 1.165) is 30.9 Å². The fraction of sp³-hybridized carbons (Fsp3) is 0.708. The molecular weight excluding hydrogens is 445 g/mol. The highest BCUT2D eigenvalue weighted by molar-refractivity contribution is 6.50. The van der Waals surface area contributed by atoms with Crippen LogP contribution in [-0.4, -0.2) is 96.2 Å². The van der Waals surface area contributed by atoms with Gasteiger partial charge in [0, 0.05) is 12.0 Å². The molecule has 1 saturated heterocycles. The molecule has 1 aromatic rings. The van der Waals surface area contributed by atoms with E-state index < -0.39 is 16.7 Å². The van der Waals surface area contributed by atoms with Crippen molar-refractivity contribution < 1.29 is 19.0 Å². The van der Waals surface area contributed by atoms with Crippen molar-refractivity contribution in [2.45, 2.75) is 74.0 Å². The zero-order valence-corrected chi connectivity index (χ0v) is 24.7. The standard InChI is InChI=1S/C24H44B6N2O4/c1-12(2)11-21(25)20(36-19(33)18(31)13(3)4)22(26,27)23(28)15-10-17(35-6)16(34-5)9-14(15)7-8-32(23)24(21,29)30/h9-10,12-13,18,20H,7-8,11,25-31H2,1-6H3/t18-,20?,21?,23?/m0/s1. The Morgan fingerprint density at radius 2 is 1.61 bits per heavy atom. The predicted molar refractivity (Wildman–Crippen MR) is 163 cm³/mol. The molecule has 3 rings (SSSR count). The quantitative estimate of drug-likeness (QED) is 0.335. The van der Waals surface area contributed by atoms with E-state index in [1.807, 2.05) is 13.8 Å². The molecule has 192 valence electrons. The highest BCUT2D eigenvalue weighted by Crippen LogP contribution is 2.66. The lowest BCUT2D eigenvalue weighted by atomic mass is 9.22. The first-order valence-corrected chi connectivity index (χ1v) is 13.5. The van der Waals surface area contributed by atoms with E-state index in [-0.39, 0.29) is 28.6 Å². The van der Waals surface area contributed by atoms with E-state index in [9.17, 15) is 4.79 Å². The van der Waals surface area contributed by atoms with E-state index >= 15 is 0 Å². The molecule has 0 radical (unpaired) electrons. The molecule has 1 aromatic carbocycles. The van der Waals surface area contributed by atoms with Crippen LogP contribution in [-0.2, 0) is 21.4 Å². The molecule has 2 N–H and O–H groups in total. The minimum absolute atomic E-state index is 0.00721. The minimum atomic E-state index is -0.652. The van der Waals surface area contributed by atoms with Crippen molar-refractivity contribution in [2.75, 3.05) is 20.8 Å². The van der Waals surface area contributed by atoms with Crippen molar-refractivity contribution in [1.29, 1.82) is 0 Å². The Kier molecular flexibility index (Phi) is 7.88. The fourth-order valence-corrected chi connectivity index (χ4v) is 7.35. The number of benzene rings is 1. The number of esters is 1. The maximum absolute atomic E-state index is 13.4. The number of hydrogen-bond donors (Lipinski definition) is 1. The van der Waals surface area contributed by atoms with E-state index in [4.69, 9.17) is 19.9 Å². The summed E-state index contributed by atoms with van der Waals surface area (Å²) < 4.78 is 18.0. The topological polar surface area (TPSA) is 74.0 Å². The first kappa shape index (κ1) is 29.2. The van der Waals surface area contributed by atoms with Gasteiger partial charge in [-0.2, -0.15) is 0 Å². The number of fused-ring (bicyclic) bond motifs is 3. The molecule has 12 heteroatoms. The molecule has 0 spiro atoms. The molecule has 6 nitrogen and oxygen atoms in total. The molecular formula is C24H44B6N2O4. The summed E-state index contributed by atoms with van der Waals surface area (Å²) >= 11 is 0. The number of rotatable bonds is 7. The third kappa shape index (κ3) is 4.15. The van der Waals surface area contributed by atoms with Gasteiger partial charge in [0.15, 0.2) is 11.5 Å². The average Bonchev–Trinajstić information content (AvgIpc) is 2.79. The summed E-state index contributed by atoms with van der Waals surface area (Å²) in [7, 11) is 17.2. The lowest BCUT2D eigenvalue weighted by molar-refractivity contribution is -0.165. The summed E-state index contributed by atoms with van der Waals surface area (Å²) in [6, 6.07) is 3.61. The molecule has 1 fully saturated rings. The van der Waals surface area contributed by atoms with Gasteiger partial charge < -0.3 is 24.8 Å². The largest absolute Gasteiger partial charge is 0.493 e. The van der Waals surface area contributed by atoms with Crippen LogP contribution in [0.25, 0.3) is 0 Å². The number of carbonyl (C=O) groups is 1. The van der Waals surface area contributed by atoms with Gasteiger partial charge in [-0.3, -0.25) is 4.79 Å². The number of nitrogens with zero attached hydrogens (tertiary/aromatic N) is 1. The van der Waals surface area contributed by atoms with Gasteiger partial charge in [-0.1, -0.05) is 27.7 Å². The molecule has 2 heterocycles. The Morgan fingerprint density at radius 3 is 2.11 bits per heavy atom. The van der Waals surface area contributed by atoms with Crippen LogP contribution in [0.2, 0.25) is 10.5 Å². The van der Waals surface area contributed by atoms with E-state index in [0.29, 0.717) is 5.92 Å². The van der Waals surface area contributed by atoms with Crippen LogP contribution in [0.3, 0.4) is 0 Å². The zero-order chi connectivity index (χ0) is 27.4. The second kappa shape index (κ2) is 9.72. The van der Waals surface area contributed by atoms with E-state index in [2.05, 4.69) is 78.0 Å². The molecule has 0 aromatic heterocycles. The van der Waals surface area contributed by atoms with Crippen molar-refractivity contribution in [3.8, 4) is 11.5 Å². The molecule has 4 atom stereocenters. The summed E-state index contributed by atoms with van der Waals surface area (Å²) in [6.45, 7) is 9.35. The number of methoxy groups -OCH3 is 2. The molecule has 2 aliphatic heterocycles. The number of ether oxygens (including phenoxy) is 3. The Bertz CT molecular complexity index is 1010. The second-order valence-electron chi connectivity index (χ2n) is 13.2. The lowest BCUT2D eigenvalue weighted by Crippen LogP contribution is -2.80. The van der Waals surface area contributed by atoms with Crippen molar-refractivity contribution in [3.63, 3.8) is 0 Å². The molecule has 0 bridgehead atoms. The maximum Gasteiger partial charge on any atom is 0.323 e. The first-order valence-electron chi connectivity index (χ1n) is 13.5. The maximum atomic E-state index is 13.4. The van der Waals surface area contributed by atoms with Crippen LogP contribution < -0.4 is 15.2 Å². The molecule has 0 amide bonds. The van der Waals surface area contributed by atoms with Crippen LogP contribution in [0.5, 0.6) is 11.5 Å². The van der Waals surface area contributed by atoms with E-state index in [1.54, 1.807) is 14.2 Å². The molecule has 0 aliphatic carbocycles. The van der Waals surface area contributed by atoms with Crippen molar-refractivity contribution in [1.82, 2.24) is 4.90 Å². The van der Waals surface area contributed by atoms with Gasteiger partial charge in [0.25, 0.3) is 0 Å². The summed E-state index contributed by atoms with van der Waals surface area (Å²) in [5, 5.41) is -1.00. The Balaban J connectivity index is 2.29. The lowest BCUT2D eigenvalue weighted by Gasteiger charge is -2.74. The van der Waals surface area contributed by atoms with Gasteiger partial charge in [0.2, 0.25) is 0 Å². The van der Waals surface area contributed by atoms with Gasteiger partial charge in [-0.25, -0.2) is 0 Å². The van der Waals surface area contributed by atoms with Crippen molar-refractivity contribution in [3.05, 3.63) is 23.3 Å². The monoisotopic (exact) mass is 490 g/mol. The Morgan fingerprint density at radius 1 is 1.06 bits per heavy atom. The fourth-order valence-electron chi connectivity index (χ4n) is 7.35. The summed E-state index contributed by atoms with van der Waals surface area (Å²) in [4.78, 5) is 16.1. The predicted octanol–water partition coefficient (Wildman–Crippen LogP) is -2.60. The summed E-state index contributed by atoms with van der Waals surface area (Å²) in [6.07, 6.45) is 1.51. The van der Waals surface area contributed by atoms with Gasteiger partial charge >= 0.3 is 5.97 Å². The number of piperidine rings is 1. The summed E-state index contributed by atoms with van der Waals surface area (Å²) in [5.41, 5.74) is 8.36. The van der Waals surface area contributed by atoms with Crippen LogP contribution in [0, 0.1) is 11.8 Å². The van der Waals surface area contributed by atoms with Crippen molar-refractivity contribution >= 4 is 53.0 Å². The van der Waals surface area contributed by atoms with Gasteiger partial charge in [0.1, 0.15) is 53.1 Å². The zero-order valence-electron chi connectivity index (χ0n) is 24.7. The third-order valence-electron chi connectivity index (χ3n) is 9.90. The Hall–Kier alpha value is -1.40. The highest BCUT2D eigenvalue weighted by Gasteiger charge is 2.69. The van der Waals surface area contributed by atoms with Crippen LogP contribution in [0.15, 0.2) is 12.1 Å². The Labute approximate surface area is 224 Å². The van der Waals surface area contributed by atoms with Crippen LogP contribution >= 0.6 is 0 Å². The molecule has 2 aliphatic rings. The molecule has 0 saturated carbocycles. The van der Waals surface area contributed by atoms with Gasteiger partial charge in [0.05, 0.1) is 20.3 Å². The SMILES string of the molecule is BC1(B)C(OC(=O)[C@@H](N)C(C)C)C(B)(CC(C)C)C(B)(B)N2CCc3cc(OC)c(OC)cc3C21B. The average molecular weight is 489 g/mol. The number of carbonyl (C=O) groups excluding carboxylic acids is 1.